The Morgan fingerprint density at radius 3 is 2.67 bits per heavy atom. The van der Waals surface area contributed by atoms with Crippen molar-refractivity contribution in [2.24, 2.45) is 0 Å². The number of hydrogen-bond acceptors (Lipinski definition) is 1. The van der Waals surface area contributed by atoms with E-state index in [1.165, 1.54) is 0 Å². The summed E-state index contributed by atoms with van der Waals surface area (Å²) in [5.41, 5.74) is 1.48. The third kappa shape index (κ3) is 2.32. The SMILES string of the molecule is O=C(C1=CC=CCC=C1)c1ccccc1. The first-order chi connectivity index (χ1) is 7.38. The van der Waals surface area contributed by atoms with Gasteiger partial charge in [-0.15, -0.1) is 0 Å². The lowest BCUT2D eigenvalue weighted by Gasteiger charge is -1.99. The molecule has 0 amide bonds. The molecule has 0 spiro atoms. The van der Waals surface area contributed by atoms with Crippen molar-refractivity contribution in [1.29, 1.82) is 0 Å². The molecule has 15 heavy (non-hydrogen) atoms. The first-order valence-electron chi connectivity index (χ1n) is 5.01. The fourth-order valence-electron chi connectivity index (χ4n) is 1.49. The number of carbonyl (C=O) groups excluding carboxylic acids is 1. The van der Waals surface area contributed by atoms with Crippen LogP contribution in [0.15, 0.2) is 66.3 Å². The van der Waals surface area contributed by atoms with E-state index in [1.807, 2.05) is 60.7 Å². The van der Waals surface area contributed by atoms with Crippen LogP contribution in [0.5, 0.6) is 0 Å². The van der Waals surface area contributed by atoms with Crippen molar-refractivity contribution in [1.82, 2.24) is 0 Å². The summed E-state index contributed by atoms with van der Waals surface area (Å²) in [6.45, 7) is 0. The highest BCUT2D eigenvalue weighted by molar-refractivity contribution is 6.10. The van der Waals surface area contributed by atoms with Gasteiger partial charge in [-0.25, -0.2) is 0 Å². The summed E-state index contributed by atoms with van der Waals surface area (Å²) in [5, 5.41) is 0. The second kappa shape index (κ2) is 4.56. The van der Waals surface area contributed by atoms with E-state index in [1.54, 1.807) is 0 Å². The van der Waals surface area contributed by atoms with Crippen LogP contribution in [0.25, 0.3) is 0 Å². The molecule has 1 heteroatoms. The Hall–Kier alpha value is -1.89. The van der Waals surface area contributed by atoms with E-state index >= 15 is 0 Å². The Bertz CT molecular complexity index is 436. The van der Waals surface area contributed by atoms with E-state index < -0.39 is 0 Å². The van der Waals surface area contributed by atoms with Crippen molar-refractivity contribution in [3.63, 3.8) is 0 Å². The predicted octanol–water partition coefficient (Wildman–Crippen LogP) is 3.31. The second-order valence-corrected chi connectivity index (χ2v) is 3.38. The molecule has 1 aliphatic rings. The highest BCUT2D eigenvalue weighted by atomic mass is 16.1. The molecule has 1 aromatic rings. The van der Waals surface area contributed by atoms with Gasteiger partial charge in [0.25, 0.3) is 0 Å². The minimum atomic E-state index is 0.0819. The van der Waals surface area contributed by atoms with Crippen LogP contribution in [-0.2, 0) is 0 Å². The number of benzene rings is 1. The van der Waals surface area contributed by atoms with Gasteiger partial charge in [0.05, 0.1) is 0 Å². The summed E-state index contributed by atoms with van der Waals surface area (Å²) in [6, 6.07) is 9.35. The number of Topliss-reactive ketones (excluding diaryl/α,β-unsaturated/α-hetero) is 1. The zero-order chi connectivity index (χ0) is 10.5. The highest BCUT2D eigenvalue weighted by Crippen LogP contribution is 2.12. The molecule has 0 atom stereocenters. The van der Waals surface area contributed by atoms with Crippen molar-refractivity contribution in [3.05, 3.63) is 71.8 Å². The van der Waals surface area contributed by atoms with Crippen molar-refractivity contribution >= 4 is 5.78 Å². The molecule has 1 aliphatic carbocycles. The normalized spacial score (nSPS) is 14.5. The lowest BCUT2D eigenvalue weighted by Crippen LogP contribution is -2.00. The van der Waals surface area contributed by atoms with Gasteiger partial charge in [0.1, 0.15) is 0 Å². The van der Waals surface area contributed by atoms with Crippen LogP contribution in [0.4, 0.5) is 0 Å². The molecule has 0 unspecified atom stereocenters. The zero-order valence-electron chi connectivity index (χ0n) is 8.39. The molecule has 0 saturated heterocycles. The van der Waals surface area contributed by atoms with Crippen LogP contribution in [0.2, 0.25) is 0 Å². The third-order valence-electron chi connectivity index (χ3n) is 2.28. The van der Waals surface area contributed by atoms with Crippen molar-refractivity contribution in [2.45, 2.75) is 6.42 Å². The highest BCUT2D eigenvalue weighted by Gasteiger charge is 2.08. The topological polar surface area (TPSA) is 17.1 Å². The molecular weight excluding hydrogens is 184 g/mol. The second-order valence-electron chi connectivity index (χ2n) is 3.38. The molecule has 0 bridgehead atoms. The number of carbonyl (C=O) groups is 1. The molecular formula is C14H12O. The van der Waals surface area contributed by atoms with Gasteiger partial charge in [-0.3, -0.25) is 4.79 Å². The van der Waals surface area contributed by atoms with E-state index in [9.17, 15) is 4.79 Å². The van der Waals surface area contributed by atoms with E-state index in [4.69, 9.17) is 0 Å². The Morgan fingerprint density at radius 2 is 1.87 bits per heavy atom. The monoisotopic (exact) mass is 196 g/mol. The van der Waals surface area contributed by atoms with Gasteiger partial charge in [-0.05, 0) is 6.42 Å². The smallest absolute Gasteiger partial charge is 0.193 e. The number of hydrogen-bond donors (Lipinski definition) is 0. The van der Waals surface area contributed by atoms with Crippen LogP contribution in [0.1, 0.15) is 16.8 Å². The fourth-order valence-corrected chi connectivity index (χ4v) is 1.49. The maximum Gasteiger partial charge on any atom is 0.193 e. The average molecular weight is 196 g/mol. The van der Waals surface area contributed by atoms with Crippen molar-refractivity contribution in [3.8, 4) is 0 Å². The Labute approximate surface area is 89.4 Å². The first kappa shape index (κ1) is 9.66. The van der Waals surface area contributed by atoms with Gasteiger partial charge < -0.3 is 0 Å². The maximum atomic E-state index is 12.0. The molecule has 1 aromatic carbocycles. The summed E-state index contributed by atoms with van der Waals surface area (Å²) in [6.07, 6.45) is 10.6. The van der Waals surface area contributed by atoms with Crippen LogP contribution >= 0.6 is 0 Å². The standard InChI is InChI=1S/C14H12O/c15-14(13-10-6-3-7-11-13)12-8-4-1-2-5-9-12/h1,3-11H,2H2. The molecule has 0 fully saturated rings. The summed E-state index contributed by atoms with van der Waals surface area (Å²) < 4.78 is 0. The quantitative estimate of drug-likeness (QED) is 0.663. The fraction of sp³-hybridized carbons (Fsp3) is 0.0714. The average Bonchev–Trinajstić information content (AvgIpc) is 2.58. The molecule has 0 aliphatic heterocycles. The van der Waals surface area contributed by atoms with E-state index in [0.29, 0.717) is 0 Å². The molecule has 2 rings (SSSR count). The molecule has 0 aromatic heterocycles. The maximum absolute atomic E-state index is 12.0. The Balaban J connectivity index is 2.29. The number of rotatable bonds is 2. The van der Waals surface area contributed by atoms with Gasteiger partial charge >= 0.3 is 0 Å². The Kier molecular flexibility index (Phi) is 2.93. The van der Waals surface area contributed by atoms with Crippen LogP contribution in [0, 0.1) is 0 Å². The number of allylic oxidation sites excluding steroid dienone is 6. The summed E-state index contributed by atoms with van der Waals surface area (Å²) >= 11 is 0. The molecule has 0 radical (unpaired) electrons. The van der Waals surface area contributed by atoms with Gasteiger partial charge in [-0.1, -0.05) is 60.7 Å². The lowest BCUT2D eigenvalue weighted by atomic mass is 10.0. The molecule has 1 nitrogen and oxygen atoms in total. The van der Waals surface area contributed by atoms with E-state index in [-0.39, 0.29) is 5.78 Å². The third-order valence-corrected chi connectivity index (χ3v) is 2.28. The Morgan fingerprint density at radius 1 is 1.07 bits per heavy atom. The zero-order valence-corrected chi connectivity index (χ0v) is 8.39. The summed E-state index contributed by atoms with van der Waals surface area (Å²) in [5.74, 6) is 0.0819. The minimum absolute atomic E-state index is 0.0819. The minimum Gasteiger partial charge on any atom is -0.289 e. The van der Waals surface area contributed by atoms with Crippen molar-refractivity contribution in [2.75, 3.05) is 0 Å². The summed E-state index contributed by atoms with van der Waals surface area (Å²) in [4.78, 5) is 12.0. The van der Waals surface area contributed by atoms with Gasteiger partial charge in [0.2, 0.25) is 0 Å². The molecule has 0 heterocycles. The van der Waals surface area contributed by atoms with Crippen LogP contribution in [0.3, 0.4) is 0 Å². The molecule has 0 N–H and O–H groups in total. The van der Waals surface area contributed by atoms with Gasteiger partial charge in [-0.2, -0.15) is 0 Å². The van der Waals surface area contributed by atoms with Gasteiger partial charge in [0, 0.05) is 11.1 Å². The summed E-state index contributed by atoms with van der Waals surface area (Å²) in [7, 11) is 0. The molecule has 0 saturated carbocycles. The van der Waals surface area contributed by atoms with Crippen molar-refractivity contribution < 1.29 is 4.79 Å². The van der Waals surface area contributed by atoms with Crippen LogP contribution < -0.4 is 0 Å². The largest absolute Gasteiger partial charge is 0.289 e. The number of ketones is 1. The predicted molar refractivity (Wildman–Crippen MR) is 61.8 cm³/mol. The molecule has 74 valence electrons. The first-order valence-corrected chi connectivity index (χ1v) is 5.01. The van der Waals surface area contributed by atoms with E-state index in [2.05, 4.69) is 0 Å². The lowest BCUT2D eigenvalue weighted by molar-refractivity contribution is 0.103. The van der Waals surface area contributed by atoms with Crippen LogP contribution in [-0.4, -0.2) is 5.78 Å². The van der Waals surface area contributed by atoms with E-state index in [0.717, 1.165) is 17.6 Å². The van der Waals surface area contributed by atoms with Gasteiger partial charge in [0.15, 0.2) is 5.78 Å².